The predicted molar refractivity (Wildman–Crippen MR) is 283 cm³/mol. The number of allylic oxidation sites excluding steroid dienone is 8. The minimum Gasteiger partial charge on any atom is -0.460 e. The quantitative estimate of drug-likeness (QED) is 0.104. The Balaban J connectivity index is 1.34. The van der Waals surface area contributed by atoms with Gasteiger partial charge in [-0.3, -0.25) is 9.59 Å². The molecule has 13 heteroatoms. The molecular weight excluding hydrogens is 927 g/mol. The van der Waals surface area contributed by atoms with E-state index < -0.39 is 84.1 Å². The van der Waals surface area contributed by atoms with Crippen molar-refractivity contribution in [2.24, 2.45) is 41.4 Å². The predicted octanol–water partition coefficient (Wildman–Crippen LogP) is 8.31. The van der Waals surface area contributed by atoms with Gasteiger partial charge in [0.05, 0.1) is 30.5 Å². The molecule has 0 aromatic heterocycles. The summed E-state index contributed by atoms with van der Waals surface area (Å²) >= 11 is 0. The molecule has 5 aliphatic rings. The van der Waals surface area contributed by atoms with Crippen LogP contribution in [-0.2, 0) is 39.8 Å². The van der Waals surface area contributed by atoms with Crippen molar-refractivity contribution in [3.63, 3.8) is 0 Å². The van der Waals surface area contributed by atoms with Crippen molar-refractivity contribution in [3.05, 3.63) is 88.6 Å². The number of rotatable bonds is 6. The van der Waals surface area contributed by atoms with Gasteiger partial charge in [-0.1, -0.05) is 101 Å². The number of carbonyl (C=O) groups excluding carboxylic acids is 3. The number of hydrogen-bond acceptors (Lipinski definition) is 12. The first kappa shape index (κ1) is 58.5. The van der Waals surface area contributed by atoms with Crippen LogP contribution in [0.15, 0.2) is 71.9 Å². The number of Topliss-reactive ketones (excluding diaryl/α,β-unsaturated/α-hetero) is 1. The largest absolute Gasteiger partial charge is 0.460 e. The van der Waals surface area contributed by atoms with Gasteiger partial charge in [-0.2, -0.15) is 0 Å². The number of aliphatic hydroxyl groups is 5. The molecule has 73 heavy (non-hydrogen) atoms. The second-order valence-corrected chi connectivity index (χ2v) is 22.8. The Labute approximate surface area is 435 Å². The highest BCUT2D eigenvalue weighted by Crippen LogP contribution is 2.44. The third kappa shape index (κ3) is 14.2. The summed E-state index contributed by atoms with van der Waals surface area (Å²) in [6.45, 7) is 15.6. The van der Waals surface area contributed by atoms with E-state index in [0.717, 1.165) is 24.0 Å². The van der Waals surface area contributed by atoms with Crippen LogP contribution in [-0.4, -0.2) is 130 Å². The number of methoxy groups -OCH3 is 2. The van der Waals surface area contributed by atoms with E-state index in [1.165, 1.54) is 28.7 Å². The highest BCUT2D eigenvalue weighted by atomic mass is 16.6. The summed E-state index contributed by atoms with van der Waals surface area (Å²) < 4.78 is 24.3. The summed E-state index contributed by atoms with van der Waals surface area (Å²) in [5.74, 6) is -6.80. The third-order valence-electron chi connectivity index (χ3n) is 17.3. The maximum absolute atomic E-state index is 14.6. The van der Waals surface area contributed by atoms with E-state index in [1.807, 2.05) is 39.0 Å². The van der Waals surface area contributed by atoms with Gasteiger partial charge in [-0.25, -0.2) is 4.79 Å². The monoisotopic (exact) mass is 1020 g/mol. The smallest absolute Gasteiger partial charge is 0.329 e. The molecule has 1 aromatic carbocycles. The van der Waals surface area contributed by atoms with Crippen LogP contribution in [0.3, 0.4) is 0 Å². The van der Waals surface area contributed by atoms with Crippen molar-refractivity contribution in [2.45, 2.75) is 200 Å². The molecule has 5 N–H and O–H groups in total. The SMILES string of the molecule is COC1[C@H](O)/C(C)=C/[C@@H](C)C(O)C[C@@H]([C@H](C)C[C@@H]2CC[C@@H](O)[C@H](OC)C2)OC(=O)C2CCCCN2C(=O)C(=O)[C@]2(O)O[C@@H](CC[C@H]2C)C[C@H](C2=CCc3c(C)cccc32)/C(C)=C/C=C/C=C/[C@@H](C)C[C@@H](C)[C@@H]1O. The average Bonchev–Trinajstić information content (AvgIpc) is 3.81. The van der Waals surface area contributed by atoms with Gasteiger partial charge in [-0.15, -0.1) is 0 Å². The molecule has 3 aliphatic heterocycles. The second-order valence-electron chi connectivity index (χ2n) is 22.8. The van der Waals surface area contributed by atoms with E-state index in [0.29, 0.717) is 63.4 Å². The van der Waals surface area contributed by atoms with Crippen molar-refractivity contribution in [1.82, 2.24) is 4.90 Å². The standard InChI is InChI=1S/C60H89NO12/c1-35-17-12-11-13-18-37(3)48(47-26-25-45-36(2)19-16-20-46(45)47)33-44-24-22-42(8)60(69,73-44)57(66)58(67)61-28-15-14-21-49(61)59(68)72-52(39(5)31-43-23-27-50(62)53(32-43)70-9)34-51(63)38(4)30-41(7)55(65)56(71-10)54(64)40(6)29-35/h11-13,16-20,26,30,35,38-40,42-44,48-56,62-65,69H,14-15,21-25,27-29,31-34H2,1-10H3/b13-11+,17-12+,37-18+,41-30+/t35-,38-,39-,40-,42-,43+,44+,48+,49?,50-,51?,52+,53-,54+,55-,56?,60-/m1/s1. The Morgan fingerprint density at radius 3 is 2.32 bits per heavy atom. The minimum absolute atomic E-state index is 0.0365. The fourth-order valence-corrected chi connectivity index (χ4v) is 12.4. The molecule has 0 radical (unpaired) electrons. The van der Waals surface area contributed by atoms with E-state index in [2.05, 4.69) is 57.2 Å². The number of benzene rings is 1. The molecule has 6 rings (SSSR count). The van der Waals surface area contributed by atoms with E-state index in [9.17, 15) is 39.9 Å². The summed E-state index contributed by atoms with van der Waals surface area (Å²) in [5, 5.41) is 58.1. The number of hydrogen-bond donors (Lipinski definition) is 5. The first-order valence-corrected chi connectivity index (χ1v) is 27.4. The summed E-state index contributed by atoms with van der Waals surface area (Å²) in [7, 11) is 3.06. The number of piperidine rings is 1. The molecule has 0 spiro atoms. The number of amides is 1. The van der Waals surface area contributed by atoms with Crippen molar-refractivity contribution < 1.29 is 58.9 Å². The molecule has 13 nitrogen and oxygen atoms in total. The number of ketones is 1. The number of aliphatic hydroxyl groups excluding tert-OH is 4. The van der Waals surface area contributed by atoms with E-state index >= 15 is 0 Å². The van der Waals surface area contributed by atoms with Crippen LogP contribution in [0.2, 0.25) is 0 Å². The molecule has 3 heterocycles. The van der Waals surface area contributed by atoms with Gasteiger partial charge in [0.25, 0.3) is 11.7 Å². The number of aryl methyl sites for hydroxylation is 1. The Morgan fingerprint density at radius 1 is 0.836 bits per heavy atom. The topological polar surface area (TPSA) is 193 Å². The van der Waals surface area contributed by atoms with Gasteiger partial charge in [-0.05, 0) is 149 Å². The fraction of sp³-hybridized carbons (Fsp3) is 0.683. The number of fused-ring (bicyclic) bond motifs is 4. The number of esters is 1. The zero-order valence-electron chi connectivity index (χ0n) is 45.5. The van der Waals surface area contributed by atoms with Crippen molar-refractivity contribution >= 4 is 23.2 Å². The number of nitrogens with zero attached hydrogens (tertiary/aromatic N) is 1. The van der Waals surface area contributed by atoms with Crippen LogP contribution >= 0.6 is 0 Å². The lowest BCUT2D eigenvalue weighted by Crippen LogP contribution is -2.60. The summed E-state index contributed by atoms with van der Waals surface area (Å²) in [5.41, 5.74) is 6.40. The number of cyclic esters (lactones) is 1. The van der Waals surface area contributed by atoms with E-state index in [-0.39, 0.29) is 55.1 Å². The lowest BCUT2D eigenvalue weighted by atomic mass is 9.78. The average molecular weight is 1020 g/mol. The zero-order chi connectivity index (χ0) is 53.3. The van der Waals surface area contributed by atoms with Crippen LogP contribution in [0.1, 0.15) is 142 Å². The maximum atomic E-state index is 14.6. The first-order chi connectivity index (χ1) is 34.7. The van der Waals surface area contributed by atoms with Crippen LogP contribution in [0.4, 0.5) is 0 Å². The van der Waals surface area contributed by atoms with E-state index in [4.69, 9.17) is 18.9 Å². The van der Waals surface area contributed by atoms with Gasteiger partial charge >= 0.3 is 5.97 Å². The molecule has 1 aromatic rings. The lowest BCUT2D eigenvalue weighted by molar-refractivity contribution is -0.264. The molecule has 3 unspecified atom stereocenters. The Hall–Kier alpha value is -3.79. The van der Waals surface area contributed by atoms with Gasteiger partial charge < -0.3 is 49.4 Å². The minimum atomic E-state index is -2.42. The molecule has 3 fully saturated rings. The Bertz CT molecular complexity index is 2200. The summed E-state index contributed by atoms with van der Waals surface area (Å²) in [4.78, 5) is 45.1. The molecule has 406 valence electrons. The summed E-state index contributed by atoms with van der Waals surface area (Å²) in [6.07, 6.45) is 14.7. The third-order valence-corrected chi connectivity index (χ3v) is 17.3. The van der Waals surface area contributed by atoms with Crippen LogP contribution in [0.5, 0.6) is 0 Å². The maximum Gasteiger partial charge on any atom is 0.329 e. The molecule has 2 bridgehead atoms. The molecule has 2 saturated heterocycles. The van der Waals surface area contributed by atoms with Gasteiger partial charge in [0, 0.05) is 44.9 Å². The first-order valence-electron chi connectivity index (χ1n) is 27.4. The van der Waals surface area contributed by atoms with Crippen LogP contribution in [0, 0.1) is 48.3 Å². The van der Waals surface area contributed by atoms with Crippen molar-refractivity contribution in [2.75, 3.05) is 20.8 Å². The van der Waals surface area contributed by atoms with E-state index in [1.54, 1.807) is 27.0 Å². The van der Waals surface area contributed by atoms with Crippen molar-refractivity contribution in [1.29, 1.82) is 0 Å². The van der Waals surface area contributed by atoms with Crippen molar-refractivity contribution in [3.8, 4) is 0 Å². The molecule has 1 amide bonds. The Morgan fingerprint density at radius 2 is 1.59 bits per heavy atom. The molecule has 17 atom stereocenters. The highest BCUT2D eigenvalue weighted by Gasteiger charge is 2.53. The van der Waals surface area contributed by atoms with Gasteiger partial charge in [0.2, 0.25) is 5.79 Å². The second kappa shape index (κ2) is 26.3. The molecule has 1 saturated carbocycles. The number of ether oxygens (including phenoxy) is 4. The highest BCUT2D eigenvalue weighted by molar-refractivity contribution is 6.39. The van der Waals surface area contributed by atoms with Gasteiger partial charge in [0.15, 0.2) is 0 Å². The zero-order valence-corrected chi connectivity index (χ0v) is 45.5. The van der Waals surface area contributed by atoms with Gasteiger partial charge in [0.1, 0.15) is 24.4 Å². The molecule has 2 aliphatic carbocycles. The van der Waals surface area contributed by atoms with Crippen LogP contribution in [0.25, 0.3) is 5.57 Å². The summed E-state index contributed by atoms with van der Waals surface area (Å²) in [6, 6.07) is 5.23. The van der Waals surface area contributed by atoms with Crippen LogP contribution < -0.4 is 0 Å². The fourth-order valence-electron chi connectivity index (χ4n) is 12.4. The lowest BCUT2D eigenvalue weighted by Gasteiger charge is -2.43. The number of carbonyl (C=O) groups is 3. The molecular formula is C60H89NO12. The Kier molecular flexibility index (Phi) is 21.1. The normalized spacial score (nSPS) is 39.9.